The van der Waals surface area contributed by atoms with Crippen LogP contribution >= 0.6 is 24.0 Å². The molecule has 0 heterocycles. The Labute approximate surface area is 191 Å². The van der Waals surface area contributed by atoms with Crippen LogP contribution in [0.15, 0.2) is 53.5 Å². The number of rotatable bonds is 6. The minimum absolute atomic E-state index is 0. The molecule has 0 aliphatic carbocycles. The highest BCUT2D eigenvalue weighted by atomic mass is 127. The van der Waals surface area contributed by atoms with E-state index in [0.29, 0.717) is 31.0 Å². The van der Waals surface area contributed by atoms with E-state index in [1.54, 1.807) is 20.2 Å². The summed E-state index contributed by atoms with van der Waals surface area (Å²) < 4.78 is 38.0. The Hall–Kier alpha value is -2.30. The van der Waals surface area contributed by atoms with Gasteiger partial charge in [-0.1, -0.05) is 24.3 Å². The number of aliphatic imine (C=N–C) groups is 1. The van der Waals surface area contributed by atoms with Crippen LogP contribution < -0.4 is 10.6 Å². The van der Waals surface area contributed by atoms with Gasteiger partial charge < -0.3 is 15.5 Å². The third kappa shape index (κ3) is 7.51. The number of carbonyl (C=O) groups is 1. The molecule has 0 radical (unpaired) electrons. The lowest BCUT2D eigenvalue weighted by Crippen LogP contribution is -2.39. The summed E-state index contributed by atoms with van der Waals surface area (Å²) in [6.45, 7) is 1.02. The predicted octanol–water partition coefficient (Wildman–Crippen LogP) is 3.93. The van der Waals surface area contributed by atoms with E-state index < -0.39 is 11.7 Å². The number of nitrogens with one attached hydrogen (secondary N) is 2. The summed E-state index contributed by atoms with van der Waals surface area (Å²) in [5.41, 5.74) is 1.71. The number of hydrogen-bond donors (Lipinski definition) is 2. The molecule has 30 heavy (non-hydrogen) atoms. The molecule has 0 unspecified atom stereocenters. The van der Waals surface area contributed by atoms with E-state index in [0.717, 1.165) is 23.3 Å². The largest absolute Gasteiger partial charge is 0.416 e. The van der Waals surface area contributed by atoms with E-state index in [-0.39, 0.29) is 29.9 Å². The van der Waals surface area contributed by atoms with Gasteiger partial charge in [-0.25, -0.2) is 0 Å². The first-order valence-corrected chi connectivity index (χ1v) is 9.13. The van der Waals surface area contributed by atoms with Gasteiger partial charge in [0.15, 0.2) is 5.96 Å². The second kappa shape index (κ2) is 11.8. The van der Waals surface area contributed by atoms with Gasteiger partial charge in [0.05, 0.1) is 5.56 Å². The van der Waals surface area contributed by atoms with Crippen LogP contribution in [0.3, 0.4) is 0 Å². The predicted molar refractivity (Wildman–Crippen MR) is 123 cm³/mol. The van der Waals surface area contributed by atoms with Crippen LogP contribution in [-0.2, 0) is 19.1 Å². The third-order valence-corrected chi connectivity index (χ3v) is 4.39. The van der Waals surface area contributed by atoms with Crippen molar-refractivity contribution >= 4 is 35.8 Å². The van der Waals surface area contributed by atoms with E-state index in [1.165, 1.54) is 12.1 Å². The highest BCUT2D eigenvalue weighted by Crippen LogP contribution is 2.29. The molecule has 2 aromatic rings. The van der Waals surface area contributed by atoms with Crippen molar-refractivity contribution in [3.05, 3.63) is 70.8 Å². The van der Waals surface area contributed by atoms with E-state index in [1.807, 2.05) is 30.1 Å². The Kier molecular flexibility index (Phi) is 10.1. The lowest BCUT2D eigenvalue weighted by atomic mass is 10.1. The minimum atomic E-state index is -4.34. The van der Waals surface area contributed by atoms with Crippen molar-refractivity contribution in [3.63, 3.8) is 0 Å². The van der Waals surface area contributed by atoms with Gasteiger partial charge in [0.2, 0.25) is 0 Å². The lowest BCUT2D eigenvalue weighted by molar-refractivity contribution is -0.137. The summed E-state index contributed by atoms with van der Waals surface area (Å²) in [7, 11) is 5.06. The zero-order valence-electron chi connectivity index (χ0n) is 17.1. The topological polar surface area (TPSA) is 56.7 Å². The van der Waals surface area contributed by atoms with Crippen molar-refractivity contribution in [1.29, 1.82) is 0 Å². The molecule has 0 aliphatic rings. The van der Waals surface area contributed by atoms with Crippen LogP contribution in [-0.4, -0.2) is 44.5 Å². The molecule has 0 aromatic heterocycles. The fourth-order valence-electron chi connectivity index (χ4n) is 2.86. The molecule has 0 saturated heterocycles. The van der Waals surface area contributed by atoms with Gasteiger partial charge in [-0.3, -0.25) is 9.79 Å². The zero-order valence-corrected chi connectivity index (χ0v) is 19.4. The quantitative estimate of drug-likeness (QED) is 0.336. The number of alkyl halides is 3. The first-order valence-electron chi connectivity index (χ1n) is 9.13. The van der Waals surface area contributed by atoms with Gasteiger partial charge >= 0.3 is 6.18 Å². The van der Waals surface area contributed by atoms with E-state index >= 15 is 0 Å². The van der Waals surface area contributed by atoms with Crippen molar-refractivity contribution in [3.8, 4) is 0 Å². The van der Waals surface area contributed by atoms with Crippen molar-refractivity contribution < 1.29 is 18.0 Å². The maximum atomic E-state index is 12.7. The van der Waals surface area contributed by atoms with Gasteiger partial charge in [0, 0.05) is 39.8 Å². The Bertz CT molecular complexity index is 854. The van der Waals surface area contributed by atoms with Crippen LogP contribution in [0, 0.1) is 0 Å². The molecule has 0 aliphatic heterocycles. The molecule has 0 fully saturated rings. The molecular formula is C21H26F3IN4O. The number of nitrogens with zero attached hydrogens (tertiary/aromatic N) is 2. The highest BCUT2D eigenvalue weighted by molar-refractivity contribution is 14.0. The molecule has 2 N–H and O–H groups in total. The van der Waals surface area contributed by atoms with Gasteiger partial charge in [-0.15, -0.1) is 24.0 Å². The first kappa shape index (κ1) is 25.7. The standard InChI is InChI=1S/C21H25F3N4O.HI/c1-25-19(29)17-6-4-5-15(13-17)11-12-27-20(26-2)28(3)14-16-7-9-18(10-8-16)21(22,23)24;/h4-10,13H,11-12,14H2,1-3H3,(H,25,29)(H,26,27);1H. The molecule has 9 heteroatoms. The maximum Gasteiger partial charge on any atom is 0.416 e. The molecule has 1 amide bonds. The number of hydrogen-bond acceptors (Lipinski definition) is 2. The summed E-state index contributed by atoms with van der Waals surface area (Å²) in [5, 5.41) is 5.83. The minimum Gasteiger partial charge on any atom is -0.356 e. The Balaban J connectivity index is 0.00000450. The second-order valence-corrected chi connectivity index (χ2v) is 6.55. The molecule has 0 saturated carbocycles. The molecule has 0 bridgehead atoms. The lowest BCUT2D eigenvalue weighted by Gasteiger charge is -2.22. The fourth-order valence-corrected chi connectivity index (χ4v) is 2.86. The average Bonchev–Trinajstić information content (AvgIpc) is 2.70. The van der Waals surface area contributed by atoms with E-state index in [2.05, 4.69) is 15.6 Å². The summed E-state index contributed by atoms with van der Waals surface area (Å²) in [6.07, 6.45) is -3.64. The Morgan fingerprint density at radius 1 is 1.10 bits per heavy atom. The maximum absolute atomic E-state index is 12.7. The van der Waals surface area contributed by atoms with E-state index in [9.17, 15) is 18.0 Å². The van der Waals surface area contributed by atoms with Crippen LogP contribution in [0.4, 0.5) is 13.2 Å². The number of guanidine groups is 1. The van der Waals surface area contributed by atoms with Crippen LogP contribution in [0.1, 0.15) is 27.0 Å². The number of benzene rings is 2. The molecule has 0 spiro atoms. The highest BCUT2D eigenvalue weighted by Gasteiger charge is 2.29. The fraction of sp³-hybridized carbons (Fsp3) is 0.333. The summed E-state index contributed by atoms with van der Waals surface area (Å²) in [5.74, 6) is 0.499. The van der Waals surface area contributed by atoms with Crippen molar-refractivity contribution in [2.45, 2.75) is 19.1 Å². The first-order chi connectivity index (χ1) is 13.7. The van der Waals surface area contributed by atoms with Crippen molar-refractivity contribution in [2.24, 2.45) is 4.99 Å². The summed E-state index contributed by atoms with van der Waals surface area (Å²) in [6, 6.07) is 12.5. The van der Waals surface area contributed by atoms with Crippen LogP contribution in [0.2, 0.25) is 0 Å². The Morgan fingerprint density at radius 2 is 1.77 bits per heavy atom. The monoisotopic (exact) mass is 534 g/mol. The third-order valence-electron chi connectivity index (χ3n) is 4.39. The zero-order chi connectivity index (χ0) is 21.4. The second-order valence-electron chi connectivity index (χ2n) is 6.55. The smallest absolute Gasteiger partial charge is 0.356 e. The molecule has 5 nitrogen and oxygen atoms in total. The number of halogens is 4. The van der Waals surface area contributed by atoms with Gasteiger partial charge in [0.1, 0.15) is 0 Å². The Morgan fingerprint density at radius 3 is 2.33 bits per heavy atom. The summed E-state index contributed by atoms with van der Waals surface area (Å²) >= 11 is 0. The van der Waals surface area contributed by atoms with Gasteiger partial charge in [0.25, 0.3) is 5.91 Å². The molecule has 164 valence electrons. The molecular weight excluding hydrogens is 508 g/mol. The van der Waals surface area contributed by atoms with Crippen molar-refractivity contribution in [2.75, 3.05) is 27.7 Å². The van der Waals surface area contributed by atoms with Crippen LogP contribution in [0.5, 0.6) is 0 Å². The number of carbonyl (C=O) groups excluding carboxylic acids is 1. The normalized spacial score (nSPS) is 11.5. The molecule has 0 atom stereocenters. The average molecular weight is 534 g/mol. The SMILES string of the molecule is CN=C(NCCc1cccc(C(=O)NC)c1)N(C)Cc1ccc(C(F)(F)F)cc1.I. The summed E-state index contributed by atoms with van der Waals surface area (Å²) in [4.78, 5) is 17.8. The van der Waals surface area contributed by atoms with E-state index in [4.69, 9.17) is 0 Å². The van der Waals surface area contributed by atoms with Gasteiger partial charge in [-0.05, 0) is 41.8 Å². The van der Waals surface area contributed by atoms with Gasteiger partial charge in [-0.2, -0.15) is 13.2 Å². The molecule has 2 aromatic carbocycles. The van der Waals surface area contributed by atoms with Crippen LogP contribution in [0.25, 0.3) is 0 Å². The molecule has 2 rings (SSSR count). The number of amides is 1. The van der Waals surface area contributed by atoms with Crippen molar-refractivity contribution in [1.82, 2.24) is 15.5 Å².